The van der Waals surface area contributed by atoms with Gasteiger partial charge in [-0.05, 0) is 38.0 Å². The van der Waals surface area contributed by atoms with Crippen molar-refractivity contribution in [3.63, 3.8) is 0 Å². The summed E-state index contributed by atoms with van der Waals surface area (Å²) < 4.78 is 30.4. The van der Waals surface area contributed by atoms with E-state index in [0.717, 1.165) is 11.3 Å². The number of carbonyl (C=O) groups excluding carboxylic acids is 1. The van der Waals surface area contributed by atoms with Crippen molar-refractivity contribution in [1.29, 1.82) is 0 Å². The number of sulfone groups is 1. The van der Waals surface area contributed by atoms with E-state index in [1.54, 1.807) is 7.11 Å². The van der Waals surface area contributed by atoms with Crippen LogP contribution >= 0.6 is 0 Å². The van der Waals surface area contributed by atoms with Gasteiger partial charge in [0.05, 0.1) is 18.1 Å². The Morgan fingerprint density at radius 2 is 2.12 bits per heavy atom. The van der Waals surface area contributed by atoms with Crippen molar-refractivity contribution in [2.45, 2.75) is 38.1 Å². The predicted octanol–water partition coefficient (Wildman–Crippen LogP) is 1.45. The molecule has 1 aromatic rings. The number of benzene rings is 1. The molecule has 2 aliphatic heterocycles. The molecule has 0 bridgehead atoms. The third-order valence-electron chi connectivity index (χ3n) is 5.38. The third kappa shape index (κ3) is 4.04. The molecule has 0 radical (unpaired) electrons. The summed E-state index contributed by atoms with van der Waals surface area (Å²) in [5.41, 5.74) is 1.09. The van der Waals surface area contributed by atoms with Crippen molar-refractivity contribution in [2.75, 3.05) is 26.0 Å². The van der Waals surface area contributed by atoms with Crippen molar-refractivity contribution >= 4 is 15.7 Å². The first-order valence-electron chi connectivity index (χ1n) is 9.17. The standard InChI is InChI=1S/C19H28N2O4S/c1-13(2)20-19(22)16-7-8-26(23,24)18-12-21(11-17(16)18)10-14-5-4-6-15(9-14)25-3/h4-6,9,13,16-18H,7-8,10-12H2,1-3H3,(H,20,22)/t16-,17+,18+/m0/s1. The normalized spacial score (nSPS) is 27.9. The van der Waals surface area contributed by atoms with Crippen LogP contribution in [0.2, 0.25) is 0 Å². The molecule has 2 saturated heterocycles. The van der Waals surface area contributed by atoms with Gasteiger partial charge in [-0.2, -0.15) is 0 Å². The summed E-state index contributed by atoms with van der Waals surface area (Å²) in [7, 11) is -1.51. The number of amides is 1. The van der Waals surface area contributed by atoms with Gasteiger partial charge in [-0.3, -0.25) is 9.69 Å². The van der Waals surface area contributed by atoms with Crippen molar-refractivity contribution in [1.82, 2.24) is 10.2 Å². The van der Waals surface area contributed by atoms with Gasteiger partial charge in [0.25, 0.3) is 0 Å². The van der Waals surface area contributed by atoms with Crippen LogP contribution in [0.3, 0.4) is 0 Å². The highest BCUT2D eigenvalue weighted by atomic mass is 32.2. The van der Waals surface area contributed by atoms with Gasteiger partial charge in [-0.25, -0.2) is 8.42 Å². The topological polar surface area (TPSA) is 75.7 Å². The molecule has 0 aromatic heterocycles. The van der Waals surface area contributed by atoms with Crippen LogP contribution in [0.1, 0.15) is 25.8 Å². The zero-order chi connectivity index (χ0) is 18.9. The second-order valence-electron chi connectivity index (χ2n) is 7.67. The smallest absolute Gasteiger partial charge is 0.223 e. The molecule has 1 N–H and O–H groups in total. The Morgan fingerprint density at radius 3 is 2.81 bits per heavy atom. The summed E-state index contributed by atoms with van der Waals surface area (Å²) >= 11 is 0. The van der Waals surface area contributed by atoms with E-state index < -0.39 is 15.1 Å². The zero-order valence-electron chi connectivity index (χ0n) is 15.6. The number of ether oxygens (including phenoxy) is 1. The monoisotopic (exact) mass is 380 g/mol. The fourth-order valence-corrected chi connectivity index (χ4v) is 6.31. The molecule has 2 aliphatic rings. The summed E-state index contributed by atoms with van der Waals surface area (Å²) in [5.74, 6) is 0.547. The van der Waals surface area contributed by atoms with Crippen LogP contribution in [-0.2, 0) is 21.2 Å². The highest BCUT2D eigenvalue weighted by molar-refractivity contribution is 7.92. The number of hydrogen-bond acceptors (Lipinski definition) is 5. The zero-order valence-corrected chi connectivity index (χ0v) is 16.5. The second kappa shape index (κ2) is 7.56. The molecule has 1 aromatic carbocycles. The average molecular weight is 381 g/mol. The Bertz CT molecular complexity index is 763. The summed E-state index contributed by atoms with van der Waals surface area (Å²) in [6, 6.07) is 7.88. The molecule has 3 rings (SSSR count). The first kappa shape index (κ1) is 19.2. The van der Waals surface area contributed by atoms with E-state index in [1.165, 1.54) is 0 Å². The summed E-state index contributed by atoms with van der Waals surface area (Å²) in [6.45, 7) is 5.66. The molecule has 7 heteroatoms. The van der Waals surface area contributed by atoms with E-state index in [-0.39, 0.29) is 29.5 Å². The molecule has 0 aliphatic carbocycles. The number of hydrogen-bond donors (Lipinski definition) is 1. The first-order chi connectivity index (χ1) is 12.3. The molecule has 2 heterocycles. The Kier molecular flexibility index (Phi) is 5.58. The molecular formula is C19H28N2O4S. The molecule has 0 saturated carbocycles. The summed E-state index contributed by atoms with van der Waals surface area (Å²) in [6.07, 6.45) is 0.426. The van der Waals surface area contributed by atoms with Crippen LogP contribution in [-0.4, -0.2) is 56.5 Å². The lowest BCUT2D eigenvalue weighted by Crippen LogP contribution is -2.48. The lowest BCUT2D eigenvalue weighted by molar-refractivity contribution is -0.127. The molecule has 3 atom stereocenters. The number of methoxy groups -OCH3 is 1. The highest BCUT2D eigenvalue weighted by Crippen LogP contribution is 2.37. The number of carbonyl (C=O) groups is 1. The fraction of sp³-hybridized carbons (Fsp3) is 0.632. The predicted molar refractivity (Wildman–Crippen MR) is 101 cm³/mol. The quantitative estimate of drug-likeness (QED) is 0.837. The van der Waals surface area contributed by atoms with Gasteiger partial charge in [0.15, 0.2) is 9.84 Å². The Morgan fingerprint density at radius 1 is 1.35 bits per heavy atom. The third-order valence-corrected chi connectivity index (χ3v) is 7.61. The van der Waals surface area contributed by atoms with Crippen molar-refractivity contribution in [3.05, 3.63) is 29.8 Å². The highest BCUT2D eigenvalue weighted by Gasteiger charge is 2.50. The maximum absolute atomic E-state index is 12.6. The molecule has 6 nitrogen and oxygen atoms in total. The fourth-order valence-electron chi connectivity index (χ4n) is 4.18. The maximum Gasteiger partial charge on any atom is 0.223 e. The number of nitrogens with one attached hydrogen (secondary N) is 1. The molecule has 144 valence electrons. The molecule has 26 heavy (non-hydrogen) atoms. The Hall–Kier alpha value is -1.60. The second-order valence-corrected chi connectivity index (χ2v) is 10.0. The van der Waals surface area contributed by atoms with E-state index in [0.29, 0.717) is 26.1 Å². The number of nitrogens with zero attached hydrogens (tertiary/aromatic N) is 1. The molecule has 2 fully saturated rings. The number of rotatable bonds is 5. The summed E-state index contributed by atoms with van der Waals surface area (Å²) in [5, 5.41) is 2.52. The largest absolute Gasteiger partial charge is 0.497 e. The molecular weight excluding hydrogens is 352 g/mol. The van der Waals surface area contributed by atoms with Gasteiger partial charge in [-0.1, -0.05) is 12.1 Å². The number of fused-ring (bicyclic) bond motifs is 1. The maximum atomic E-state index is 12.6. The van der Waals surface area contributed by atoms with Crippen LogP contribution in [0.25, 0.3) is 0 Å². The SMILES string of the molecule is COc1cccc(CN2C[C@@H]3[C@@H](C(=O)NC(C)C)CCS(=O)(=O)[C@@H]3C2)c1. The minimum atomic E-state index is -3.14. The van der Waals surface area contributed by atoms with Crippen LogP contribution < -0.4 is 10.1 Å². The van der Waals surface area contributed by atoms with Crippen LogP contribution in [0.5, 0.6) is 5.75 Å². The van der Waals surface area contributed by atoms with Crippen LogP contribution in [0, 0.1) is 11.8 Å². The van der Waals surface area contributed by atoms with E-state index in [1.807, 2.05) is 38.1 Å². The molecule has 0 spiro atoms. The lowest BCUT2D eigenvalue weighted by Gasteiger charge is -2.32. The number of likely N-dealkylation sites (tertiary alicyclic amines) is 1. The van der Waals surface area contributed by atoms with E-state index in [4.69, 9.17) is 4.74 Å². The van der Waals surface area contributed by atoms with E-state index in [9.17, 15) is 13.2 Å². The van der Waals surface area contributed by atoms with Crippen molar-refractivity contribution in [2.24, 2.45) is 11.8 Å². The van der Waals surface area contributed by atoms with Gasteiger partial charge >= 0.3 is 0 Å². The molecule has 0 unspecified atom stereocenters. The van der Waals surface area contributed by atoms with Gasteiger partial charge < -0.3 is 10.1 Å². The van der Waals surface area contributed by atoms with Gasteiger partial charge in [0, 0.05) is 37.5 Å². The van der Waals surface area contributed by atoms with Crippen molar-refractivity contribution < 1.29 is 17.9 Å². The Labute approximate surface area is 155 Å². The van der Waals surface area contributed by atoms with Crippen LogP contribution in [0.4, 0.5) is 0 Å². The van der Waals surface area contributed by atoms with Gasteiger partial charge in [-0.15, -0.1) is 0 Å². The van der Waals surface area contributed by atoms with E-state index in [2.05, 4.69) is 10.2 Å². The Balaban J connectivity index is 1.76. The minimum absolute atomic E-state index is 0.00636. The van der Waals surface area contributed by atoms with Crippen LogP contribution in [0.15, 0.2) is 24.3 Å². The summed E-state index contributed by atoms with van der Waals surface area (Å²) in [4.78, 5) is 14.7. The molecule has 1 amide bonds. The first-order valence-corrected chi connectivity index (χ1v) is 10.9. The lowest BCUT2D eigenvalue weighted by atomic mass is 9.87. The minimum Gasteiger partial charge on any atom is -0.497 e. The van der Waals surface area contributed by atoms with Crippen molar-refractivity contribution in [3.8, 4) is 5.75 Å². The van der Waals surface area contributed by atoms with Gasteiger partial charge in [0.1, 0.15) is 5.75 Å². The van der Waals surface area contributed by atoms with Gasteiger partial charge in [0.2, 0.25) is 5.91 Å². The average Bonchev–Trinajstić information content (AvgIpc) is 2.99. The van der Waals surface area contributed by atoms with E-state index >= 15 is 0 Å².